The number of fused-ring (bicyclic) bond motifs is 1. The number of benzene rings is 2. The lowest BCUT2D eigenvalue weighted by Gasteiger charge is -2.25. The van der Waals surface area contributed by atoms with Crippen molar-refractivity contribution in [3.8, 4) is 5.75 Å². The predicted octanol–water partition coefficient (Wildman–Crippen LogP) is 4.93. The summed E-state index contributed by atoms with van der Waals surface area (Å²) in [5, 5.41) is 2.81. The minimum Gasteiger partial charge on any atom is -0.493 e. The molecule has 0 saturated carbocycles. The molecule has 0 spiro atoms. The van der Waals surface area contributed by atoms with Gasteiger partial charge in [-0.05, 0) is 61.0 Å². The summed E-state index contributed by atoms with van der Waals surface area (Å²) < 4.78 is 18.9. The third-order valence-corrected chi connectivity index (χ3v) is 4.76. The highest BCUT2D eigenvalue weighted by atomic mass is 19.1. The normalized spacial score (nSPS) is 14.2. The molecule has 0 radical (unpaired) electrons. The van der Waals surface area contributed by atoms with Gasteiger partial charge in [0.2, 0.25) is 0 Å². The number of urea groups is 1. The number of H-pyrrole nitrogens is 1. The molecule has 0 bridgehead atoms. The number of carbonyl (C=O) groups is 1. The second-order valence-corrected chi connectivity index (χ2v) is 6.64. The molecule has 1 aromatic heterocycles. The lowest BCUT2D eigenvalue weighted by atomic mass is 9.98. The molecule has 2 N–H and O–H groups in total. The minimum atomic E-state index is -0.346. The minimum absolute atomic E-state index is 0.283. The summed E-state index contributed by atoms with van der Waals surface area (Å²) in [5.74, 6) is 0.447. The molecule has 1 aliphatic rings. The largest absolute Gasteiger partial charge is 0.493 e. The van der Waals surface area contributed by atoms with Crippen LogP contribution >= 0.6 is 0 Å². The van der Waals surface area contributed by atoms with Crippen LogP contribution in [0.1, 0.15) is 24.6 Å². The van der Waals surface area contributed by atoms with Gasteiger partial charge in [0.25, 0.3) is 0 Å². The molecular formula is C22H21FN4O2. The third kappa shape index (κ3) is 4.13. The number of ether oxygens (including phenoxy) is 1. The van der Waals surface area contributed by atoms with Gasteiger partial charge in [0.1, 0.15) is 11.6 Å². The van der Waals surface area contributed by atoms with E-state index in [1.165, 1.54) is 24.3 Å². The molecule has 7 heteroatoms. The Morgan fingerprint density at radius 1 is 1.31 bits per heavy atom. The quantitative estimate of drug-likeness (QED) is 0.661. The van der Waals surface area contributed by atoms with Crippen molar-refractivity contribution in [2.75, 3.05) is 23.4 Å². The first-order valence-corrected chi connectivity index (χ1v) is 9.44. The summed E-state index contributed by atoms with van der Waals surface area (Å²) in [5.41, 5.74) is 4.28. The molecule has 3 aromatic rings. The number of aromatic nitrogens is 2. The SMILES string of the molecule is CCN(C(=O)Nc1ccc(F)cc1)c1ccc2c(c1)C(=Cc1cnc[nH]1)CCO2. The Kier molecular flexibility index (Phi) is 5.29. The average Bonchev–Trinajstić information content (AvgIpc) is 3.24. The van der Waals surface area contributed by atoms with Crippen LogP contribution in [0, 0.1) is 5.82 Å². The van der Waals surface area contributed by atoms with Gasteiger partial charge >= 0.3 is 6.03 Å². The molecule has 148 valence electrons. The van der Waals surface area contributed by atoms with Crippen LogP contribution in [0.15, 0.2) is 55.0 Å². The number of imidazole rings is 1. The summed E-state index contributed by atoms with van der Waals surface area (Å²) in [6, 6.07) is 11.1. The molecule has 6 nitrogen and oxygen atoms in total. The van der Waals surface area contributed by atoms with Crippen molar-refractivity contribution in [1.29, 1.82) is 0 Å². The van der Waals surface area contributed by atoms with E-state index in [0.29, 0.717) is 18.8 Å². The molecule has 2 amide bonds. The van der Waals surface area contributed by atoms with E-state index in [0.717, 1.165) is 34.7 Å². The van der Waals surface area contributed by atoms with Gasteiger partial charge in [-0.15, -0.1) is 0 Å². The monoisotopic (exact) mass is 392 g/mol. The van der Waals surface area contributed by atoms with Crippen molar-refractivity contribution < 1.29 is 13.9 Å². The van der Waals surface area contributed by atoms with Gasteiger partial charge in [-0.25, -0.2) is 14.2 Å². The molecular weight excluding hydrogens is 371 g/mol. The lowest BCUT2D eigenvalue weighted by molar-refractivity contribution is 0.257. The van der Waals surface area contributed by atoms with E-state index in [1.54, 1.807) is 17.4 Å². The molecule has 0 aliphatic carbocycles. The number of amides is 2. The van der Waals surface area contributed by atoms with Gasteiger partial charge in [0, 0.05) is 29.9 Å². The zero-order valence-electron chi connectivity index (χ0n) is 16.0. The first-order chi connectivity index (χ1) is 14.1. The van der Waals surface area contributed by atoms with E-state index in [2.05, 4.69) is 15.3 Å². The maximum atomic E-state index is 13.1. The number of aromatic amines is 1. The van der Waals surface area contributed by atoms with Crippen molar-refractivity contribution in [2.24, 2.45) is 0 Å². The van der Waals surface area contributed by atoms with Crippen molar-refractivity contribution in [3.05, 3.63) is 72.1 Å². The number of hydrogen-bond acceptors (Lipinski definition) is 3. The maximum Gasteiger partial charge on any atom is 0.326 e. The Balaban J connectivity index is 1.62. The van der Waals surface area contributed by atoms with Crippen molar-refractivity contribution in [3.63, 3.8) is 0 Å². The summed E-state index contributed by atoms with van der Waals surface area (Å²) >= 11 is 0. The second kappa shape index (κ2) is 8.18. The first-order valence-electron chi connectivity index (χ1n) is 9.44. The third-order valence-electron chi connectivity index (χ3n) is 4.76. The Morgan fingerprint density at radius 2 is 2.14 bits per heavy atom. The van der Waals surface area contributed by atoms with E-state index in [1.807, 2.05) is 31.2 Å². The fourth-order valence-electron chi connectivity index (χ4n) is 3.32. The molecule has 4 rings (SSSR count). The van der Waals surface area contributed by atoms with Gasteiger partial charge < -0.3 is 15.0 Å². The summed E-state index contributed by atoms with van der Waals surface area (Å²) in [4.78, 5) is 21.6. The molecule has 0 unspecified atom stereocenters. The van der Waals surface area contributed by atoms with E-state index in [9.17, 15) is 9.18 Å². The van der Waals surface area contributed by atoms with Crippen LogP contribution in [0.5, 0.6) is 5.75 Å². The lowest BCUT2D eigenvalue weighted by Crippen LogP contribution is -2.34. The number of hydrogen-bond donors (Lipinski definition) is 2. The number of rotatable bonds is 4. The van der Waals surface area contributed by atoms with E-state index >= 15 is 0 Å². The molecule has 2 heterocycles. The maximum absolute atomic E-state index is 13.1. The van der Waals surface area contributed by atoms with Gasteiger partial charge in [-0.3, -0.25) is 4.90 Å². The topological polar surface area (TPSA) is 70.2 Å². The Bertz CT molecular complexity index is 1030. The van der Waals surface area contributed by atoms with Gasteiger partial charge in [0.05, 0.1) is 24.8 Å². The van der Waals surface area contributed by atoms with Crippen LogP contribution in [-0.2, 0) is 0 Å². The van der Waals surface area contributed by atoms with Crippen molar-refractivity contribution in [1.82, 2.24) is 9.97 Å². The number of nitrogens with one attached hydrogen (secondary N) is 2. The van der Waals surface area contributed by atoms with Gasteiger partial charge in [-0.1, -0.05) is 0 Å². The highest BCUT2D eigenvalue weighted by Gasteiger charge is 2.20. The fraction of sp³-hybridized carbons (Fsp3) is 0.182. The fourth-order valence-corrected chi connectivity index (χ4v) is 3.32. The smallest absolute Gasteiger partial charge is 0.326 e. The van der Waals surface area contributed by atoms with Crippen LogP contribution in [0.2, 0.25) is 0 Å². The standard InChI is InChI=1S/C22H21FN4O2/c1-2-27(22(28)26-17-5-3-16(23)4-6-17)19-7-8-21-20(12-19)15(9-10-29-21)11-18-13-24-14-25-18/h3-8,11-14H,2,9-10H2,1H3,(H,24,25)(H,26,28). The Labute approximate surface area is 168 Å². The van der Waals surface area contributed by atoms with Crippen LogP contribution in [0.4, 0.5) is 20.6 Å². The number of anilines is 2. The number of halogens is 1. The predicted molar refractivity (Wildman–Crippen MR) is 111 cm³/mol. The van der Waals surface area contributed by atoms with E-state index in [4.69, 9.17) is 4.74 Å². The second-order valence-electron chi connectivity index (χ2n) is 6.64. The summed E-state index contributed by atoms with van der Waals surface area (Å²) in [7, 11) is 0. The molecule has 1 aliphatic heterocycles. The van der Waals surface area contributed by atoms with Gasteiger partial charge in [0.15, 0.2) is 0 Å². The highest BCUT2D eigenvalue weighted by molar-refractivity contribution is 6.02. The van der Waals surface area contributed by atoms with E-state index in [-0.39, 0.29) is 11.8 Å². The molecule has 0 fully saturated rings. The zero-order valence-corrected chi connectivity index (χ0v) is 16.0. The molecule has 2 aromatic carbocycles. The van der Waals surface area contributed by atoms with Crippen molar-refractivity contribution >= 4 is 29.1 Å². The van der Waals surface area contributed by atoms with E-state index < -0.39 is 0 Å². The molecule has 29 heavy (non-hydrogen) atoms. The number of carbonyl (C=O) groups excluding carboxylic acids is 1. The molecule has 0 saturated heterocycles. The van der Waals surface area contributed by atoms with Crippen LogP contribution < -0.4 is 15.0 Å². The van der Waals surface area contributed by atoms with Crippen LogP contribution in [0.3, 0.4) is 0 Å². The average molecular weight is 392 g/mol. The summed E-state index contributed by atoms with van der Waals surface area (Å²) in [6.45, 7) is 2.99. The molecule has 0 atom stereocenters. The van der Waals surface area contributed by atoms with Crippen LogP contribution in [-0.4, -0.2) is 29.2 Å². The first kappa shape index (κ1) is 18.7. The number of nitrogens with zero attached hydrogens (tertiary/aromatic N) is 2. The Hall–Kier alpha value is -3.61. The highest BCUT2D eigenvalue weighted by Crippen LogP contribution is 2.36. The zero-order chi connectivity index (χ0) is 20.2. The van der Waals surface area contributed by atoms with Gasteiger partial charge in [-0.2, -0.15) is 0 Å². The summed E-state index contributed by atoms with van der Waals surface area (Å²) in [6.07, 6.45) is 6.22. The van der Waals surface area contributed by atoms with Crippen molar-refractivity contribution in [2.45, 2.75) is 13.3 Å². The Morgan fingerprint density at radius 3 is 2.86 bits per heavy atom. The van der Waals surface area contributed by atoms with Crippen LogP contribution in [0.25, 0.3) is 11.6 Å².